The fourth-order valence-electron chi connectivity index (χ4n) is 14.2. The van der Waals surface area contributed by atoms with Gasteiger partial charge < -0.3 is 130 Å². The number of guanidine groups is 3. The lowest BCUT2D eigenvalue weighted by Crippen LogP contribution is -2.60. The maximum absolute atomic E-state index is 15.1. The predicted octanol–water partition coefficient (Wildman–Crippen LogP) is -5.47. The van der Waals surface area contributed by atoms with Crippen LogP contribution in [0.3, 0.4) is 0 Å². The number of primary amides is 3. The average molecular weight is 1770 g/mol. The third kappa shape index (κ3) is 39.6. The van der Waals surface area contributed by atoms with Crippen LogP contribution in [0.25, 0.3) is 0 Å². The molecule has 0 aromatic heterocycles. The van der Waals surface area contributed by atoms with Gasteiger partial charge in [0.15, 0.2) is 17.9 Å². The second-order valence-electron chi connectivity index (χ2n) is 31.9. The Kier molecular flexibility index (Phi) is 47.2. The normalized spacial score (nSPS) is 16.2. The minimum atomic E-state index is -1.71. The second-order valence-corrected chi connectivity index (χ2v) is 32.9. The number of nitrogens with zero attached hydrogens (tertiary/aromatic N) is 2. The summed E-state index contributed by atoms with van der Waals surface area (Å²) in [5.74, 6) is -14.1. The molecule has 2 aromatic carbocycles. The number of rotatable bonds is 58. The molecule has 4 rings (SSSR count). The van der Waals surface area contributed by atoms with Crippen LogP contribution in [0, 0.1) is 28.1 Å². The molecule has 2 aliphatic rings. The van der Waals surface area contributed by atoms with E-state index in [1.54, 1.807) is 60.7 Å². The molecule has 694 valence electrons. The highest BCUT2D eigenvalue weighted by molar-refractivity contribution is 7.98. The van der Waals surface area contributed by atoms with Gasteiger partial charge in [-0.2, -0.15) is 11.8 Å². The number of unbranched alkanes of at least 4 members (excludes halogenated alkanes) is 1. The standard InChI is InChI=1S/C81H133N27O16S/c1-46(2)41-57(72(118)98-51(66(86)112)33-40-125-5)97-65(111)45-96-68(114)59(43-48-19-8-6-9-20-48)105-74(120)60(44-49-21-10-7-11-22-49)106-71(117)53(29-31-63(84)109)100-70(116)54(30-32-64(85)110)101-75(121)61-27-17-38-107(61)77(123)55(24-12-13-34-82)103-76(122)62-28-18-39-108(62)78(124)56(26-16-37-95-81(91)92)102-69(115)52(25-15-36-94-80(89)90)99-73(119)58(42-47(3)4)104-67(113)50(83)23-14-35-93-79(87)88/h6-11,19-22,46-47,50-62H,12-18,23-45,82-83H2,1-5H3,(H2,84,109)(H2,85,110)(H2,86,112)(H,96,114)(H,97,111)(H,98,118)(H,99,119)(H,100,116)(H,101,121)(H,102,115)(H,103,122)(H,104,113)(H,105,120)(H,106,117)(H4,87,88,93)(H4,89,90,94)(H4,91,92,95)/t50-,51-,52-,53-,54-,55-,56-,57-,58-,59-,60-,61-,62-/m0/s1. The van der Waals surface area contributed by atoms with Crippen LogP contribution in [0.4, 0.5) is 0 Å². The van der Waals surface area contributed by atoms with Gasteiger partial charge in [-0.25, -0.2) is 0 Å². The summed E-state index contributed by atoms with van der Waals surface area (Å²) in [6.45, 7) is 7.14. The Morgan fingerprint density at radius 1 is 0.408 bits per heavy atom. The Morgan fingerprint density at radius 2 is 0.768 bits per heavy atom. The summed E-state index contributed by atoms with van der Waals surface area (Å²) in [6, 6.07) is -0.660. The maximum atomic E-state index is 15.1. The lowest BCUT2D eigenvalue weighted by molar-refractivity contribution is -0.145. The first-order valence-corrected chi connectivity index (χ1v) is 43.8. The number of nitrogens with two attached hydrogens (primary N) is 8. The number of carbonyl (C=O) groups excluding carboxylic acids is 16. The van der Waals surface area contributed by atoms with Crippen LogP contribution >= 0.6 is 11.8 Å². The topological polar surface area (TPSA) is 728 Å². The zero-order valence-corrected chi connectivity index (χ0v) is 72.9. The summed E-state index contributed by atoms with van der Waals surface area (Å²) in [6.07, 6.45) is 1.85. The van der Waals surface area contributed by atoms with Crippen LogP contribution < -0.4 is 120 Å². The number of carbonyl (C=O) groups is 16. The predicted molar refractivity (Wildman–Crippen MR) is 468 cm³/mol. The second kappa shape index (κ2) is 56.0. The molecule has 125 heavy (non-hydrogen) atoms. The van der Waals surface area contributed by atoms with Crippen molar-refractivity contribution in [2.24, 2.45) is 57.7 Å². The summed E-state index contributed by atoms with van der Waals surface area (Å²) in [7, 11) is 0. The zero-order valence-electron chi connectivity index (χ0n) is 72.1. The summed E-state index contributed by atoms with van der Waals surface area (Å²) >= 11 is 1.44. The van der Waals surface area contributed by atoms with E-state index in [0.29, 0.717) is 29.7 Å². The molecular formula is C81H133N27O16S. The Hall–Kier alpha value is -12.0. The van der Waals surface area contributed by atoms with Crippen LogP contribution in [-0.2, 0) is 89.6 Å². The van der Waals surface area contributed by atoms with Gasteiger partial charge in [0.05, 0.1) is 12.6 Å². The average Bonchev–Trinajstić information content (AvgIpc) is 1.70. The van der Waals surface area contributed by atoms with Crippen LogP contribution in [0.15, 0.2) is 60.7 Å². The van der Waals surface area contributed by atoms with E-state index in [0.717, 1.165) is 0 Å². The molecule has 13 atom stereocenters. The fourth-order valence-corrected chi connectivity index (χ4v) is 14.6. The zero-order chi connectivity index (χ0) is 92.8. The number of hydrogen-bond acceptors (Lipinski definition) is 22. The summed E-state index contributed by atoms with van der Waals surface area (Å²) in [4.78, 5) is 228. The molecule has 43 nitrogen and oxygen atoms in total. The Morgan fingerprint density at radius 3 is 1.20 bits per heavy atom. The van der Waals surface area contributed by atoms with Crippen molar-refractivity contribution in [3.05, 3.63) is 71.8 Å². The minimum Gasteiger partial charge on any atom is -0.370 e. The van der Waals surface area contributed by atoms with Crippen LogP contribution in [0.5, 0.6) is 0 Å². The van der Waals surface area contributed by atoms with Gasteiger partial charge in [-0.3, -0.25) is 92.9 Å². The molecule has 33 N–H and O–H groups in total. The highest BCUT2D eigenvalue weighted by Gasteiger charge is 2.44. The number of thioether (sulfide) groups is 1. The lowest BCUT2D eigenvalue weighted by atomic mass is 10.0. The Bertz CT molecular complexity index is 3960. The molecule has 2 aromatic rings. The van der Waals surface area contributed by atoms with E-state index < -0.39 is 205 Å². The molecule has 2 saturated heterocycles. The highest BCUT2D eigenvalue weighted by Crippen LogP contribution is 2.25. The number of benzene rings is 2. The summed E-state index contributed by atoms with van der Waals surface area (Å²) < 4.78 is 0. The molecule has 44 heteroatoms. The molecule has 0 spiro atoms. The maximum Gasteiger partial charge on any atom is 0.245 e. The molecule has 0 radical (unpaired) electrons. The molecule has 2 heterocycles. The van der Waals surface area contributed by atoms with E-state index in [-0.39, 0.29) is 172 Å². The molecule has 2 fully saturated rings. The molecule has 16 amide bonds. The highest BCUT2D eigenvalue weighted by atomic mass is 32.2. The number of likely N-dealkylation sites (tertiary alicyclic amines) is 2. The Balaban J connectivity index is 1.62. The Labute approximate surface area is 732 Å². The van der Waals surface area contributed by atoms with Gasteiger partial charge in [-0.05, 0) is 157 Å². The third-order valence-electron chi connectivity index (χ3n) is 20.6. The minimum absolute atomic E-state index is 0.00291. The SMILES string of the molecule is CSCC[C@H](NC(=O)[C@H](CC(C)C)NC(=O)CNC(=O)[C@H](Cc1ccccc1)NC(=O)[C@H](Cc1ccccc1)NC(=O)[C@H](CCC(N)=O)NC(=O)[C@H](CCC(N)=O)NC(=O)[C@@H]1CCCN1C(=O)[C@H](CCCCN)NC(=O)[C@@H]1CCCN1C(=O)[C@H](CCCNC(=N)N)NC(=O)[C@H](CCCNC(=N)N)NC(=O)[C@H](CC(C)C)NC(=O)[C@@H](N)CCCNC(=N)N)C(N)=O. The van der Waals surface area contributed by atoms with Gasteiger partial charge in [0, 0.05) is 58.4 Å². The molecule has 0 saturated carbocycles. The van der Waals surface area contributed by atoms with E-state index in [1.807, 2.05) is 34.0 Å². The van der Waals surface area contributed by atoms with Crippen LogP contribution in [0.1, 0.15) is 167 Å². The molecule has 0 aliphatic carbocycles. The van der Waals surface area contributed by atoms with E-state index in [4.69, 9.17) is 62.1 Å². The van der Waals surface area contributed by atoms with E-state index >= 15 is 9.59 Å². The number of hydrogen-bond donors (Lipinski definition) is 25. The molecule has 0 bridgehead atoms. The van der Waals surface area contributed by atoms with Crippen molar-refractivity contribution in [3.8, 4) is 0 Å². The van der Waals surface area contributed by atoms with E-state index in [1.165, 1.54) is 21.6 Å². The monoisotopic (exact) mass is 1770 g/mol. The van der Waals surface area contributed by atoms with E-state index in [9.17, 15) is 67.1 Å². The quantitative estimate of drug-likeness (QED) is 0.0167. The first-order chi connectivity index (χ1) is 59.3. The third-order valence-corrected chi connectivity index (χ3v) is 21.3. The first-order valence-electron chi connectivity index (χ1n) is 42.4. The summed E-state index contributed by atoms with van der Waals surface area (Å²) in [5, 5.41) is 60.0. The van der Waals surface area contributed by atoms with E-state index in [2.05, 4.69) is 74.4 Å². The number of amides is 16. The van der Waals surface area contributed by atoms with Crippen molar-refractivity contribution < 1.29 is 76.7 Å². The van der Waals surface area contributed by atoms with Crippen molar-refractivity contribution in [3.63, 3.8) is 0 Å². The molecule has 0 unspecified atom stereocenters. The molecular weight excluding hydrogens is 1640 g/mol. The first kappa shape index (κ1) is 105. The summed E-state index contributed by atoms with van der Waals surface area (Å²) in [5.41, 5.74) is 46.5. The van der Waals surface area contributed by atoms with Crippen molar-refractivity contribution in [2.75, 3.05) is 57.8 Å². The van der Waals surface area contributed by atoms with Gasteiger partial charge in [-0.1, -0.05) is 88.4 Å². The lowest BCUT2D eigenvalue weighted by Gasteiger charge is -2.33. The van der Waals surface area contributed by atoms with Crippen molar-refractivity contribution >= 4 is 124 Å². The molecule has 2 aliphatic heterocycles. The van der Waals surface area contributed by atoms with Crippen LogP contribution in [0.2, 0.25) is 0 Å². The van der Waals surface area contributed by atoms with Gasteiger partial charge in [0.25, 0.3) is 0 Å². The fraction of sp³-hybridized carbons (Fsp3) is 0.617. The smallest absolute Gasteiger partial charge is 0.245 e. The largest absolute Gasteiger partial charge is 0.370 e. The number of nitrogens with one attached hydrogen (secondary N) is 17. The van der Waals surface area contributed by atoms with Gasteiger partial charge in [0.1, 0.15) is 72.5 Å². The van der Waals surface area contributed by atoms with Crippen LogP contribution in [-0.4, -0.2) is 259 Å². The van der Waals surface area contributed by atoms with Crippen molar-refractivity contribution in [1.82, 2.24) is 84.2 Å². The van der Waals surface area contributed by atoms with Gasteiger partial charge in [0.2, 0.25) is 94.5 Å². The van der Waals surface area contributed by atoms with Crippen molar-refractivity contribution in [2.45, 2.75) is 247 Å². The van der Waals surface area contributed by atoms with Crippen molar-refractivity contribution in [1.29, 1.82) is 16.2 Å². The van der Waals surface area contributed by atoms with Gasteiger partial charge >= 0.3 is 0 Å². The van der Waals surface area contributed by atoms with Gasteiger partial charge in [-0.15, -0.1) is 0 Å².